The van der Waals surface area contributed by atoms with Gasteiger partial charge in [-0.3, -0.25) is 9.59 Å². The van der Waals surface area contributed by atoms with Gasteiger partial charge in [0, 0.05) is 5.92 Å². The summed E-state index contributed by atoms with van der Waals surface area (Å²) in [5.74, 6) is -2.52. The van der Waals surface area contributed by atoms with Crippen LogP contribution in [-0.4, -0.2) is 25.2 Å². The Labute approximate surface area is 102 Å². The minimum absolute atomic E-state index is 0.231. The molecule has 4 heteroatoms. The minimum Gasteiger partial charge on any atom is -0.465 e. The van der Waals surface area contributed by atoms with Crippen LogP contribution in [0.5, 0.6) is 0 Å². The van der Waals surface area contributed by atoms with Crippen LogP contribution < -0.4 is 0 Å². The lowest BCUT2D eigenvalue weighted by Crippen LogP contribution is -2.33. The summed E-state index contributed by atoms with van der Waals surface area (Å²) < 4.78 is 9.76. The van der Waals surface area contributed by atoms with Gasteiger partial charge < -0.3 is 9.47 Å². The molecule has 0 spiro atoms. The number of hydrogen-bond acceptors (Lipinski definition) is 4. The lowest BCUT2D eigenvalue weighted by atomic mass is 9.92. The molecule has 0 amide bonds. The van der Waals surface area contributed by atoms with Gasteiger partial charge in [0.25, 0.3) is 0 Å². The molecule has 96 valence electrons. The van der Waals surface area contributed by atoms with Crippen molar-refractivity contribution in [3.8, 4) is 0 Å². The molecule has 1 atom stereocenters. The first-order valence-corrected chi connectivity index (χ1v) is 5.70. The zero-order valence-electron chi connectivity index (χ0n) is 10.6. The molecular formula is C13H20O4. The normalized spacial score (nSPS) is 12.5. The highest BCUT2D eigenvalue weighted by molar-refractivity contribution is 5.95. The zero-order valence-corrected chi connectivity index (χ0v) is 10.6. The van der Waals surface area contributed by atoms with Gasteiger partial charge in [0.05, 0.1) is 13.2 Å². The Morgan fingerprint density at radius 2 is 1.65 bits per heavy atom. The molecule has 0 saturated heterocycles. The van der Waals surface area contributed by atoms with E-state index in [-0.39, 0.29) is 13.2 Å². The van der Waals surface area contributed by atoms with Crippen molar-refractivity contribution in [1.29, 1.82) is 0 Å². The largest absolute Gasteiger partial charge is 0.465 e. The van der Waals surface area contributed by atoms with Crippen LogP contribution in [0, 0.1) is 11.8 Å². The second-order valence-corrected chi connectivity index (χ2v) is 3.32. The Morgan fingerprint density at radius 3 is 1.94 bits per heavy atom. The standard InChI is InChI=1S/C13H20O4/c1-5-9-10(6-2)11(12(14)16-7-3)13(15)17-8-4/h5-6,9-11H,2,7-8H2,1,3-4H3/b9-5+. The molecular weight excluding hydrogens is 220 g/mol. The summed E-state index contributed by atoms with van der Waals surface area (Å²) in [7, 11) is 0. The highest BCUT2D eigenvalue weighted by atomic mass is 16.6. The molecule has 0 heterocycles. The van der Waals surface area contributed by atoms with E-state index in [9.17, 15) is 9.59 Å². The molecule has 1 unspecified atom stereocenters. The Hall–Kier alpha value is -1.58. The van der Waals surface area contributed by atoms with Crippen molar-refractivity contribution in [3.63, 3.8) is 0 Å². The first-order chi connectivity index (χ1) is 8.12. The molecule has 17 heavy (non-hydrogen) atoms. The van der Waals surface area contributed by atoms with Crippen molar-refractivity contribution in [3.05, 3.63) is 24.8 Å². The summed E-state index contributed by atoms with van der Waals surface area (Å²) in [6.07, 6.45) is 5.03. The van der Waals surface area contributed by atoms with E-state index in [0.29, 0.717) is 0 Å². The van der Waals surface area contributed by atoms with Gasteiger partial charge in [-0.2, -0.15) is 0 Å². The van der Waals surface area contributed by atoms with E-state index in [1.165, 1.54) is 0 Å². The van der Waals surface area contributed by atoms with Crippen LogP contribution in [0.25, 0.3) is 0 Å². The topological polar surface area (TPSA) is 52.6 Å². The lowest BCUT2D eigenvalue weighted by molar-refractivity contribution is -0.162. The van der Waals surface area contributed by atoms with Crippen LogP contribution in [-0.2, 0) is 19.1 Å². The average molecular weight is 240 g/mol. The number of rotatable bonds is 7. The highest BCUT2D eigenvalue weighted by Crippen LogP contribution is 2.19. The van der Waals surface area contributed by atoms with Gasteiger partial charge in [-0.25, -0.2) is 0 Å². The average Bonchev–Trinajstić information content (AvgIpc) is 2.29. The van der Waals surface area contributed by atoms with E-state index in [1.54, 1.807) is 32.1 Å². The fraction of sp³-hybridized carbons (Fsp3) is 0.538. The van der Waals surface area contributed by atoms with Gasteiger partial charge in [0.1, 0.15) is 0 Å². The number of hydrogen-bond donors (Lipinski definition) is 0. The van der Waals surface area contributed by atoms with Gasteiger partial charge in [0.2, 0.25) is 0 Å². The van der Waals surface area contributed by atoms with Crippen molar-refractivity contribution in [2.45, 2.75) is 20.8 Å². The summed E-state index contributed by atoms with van der Waals surface area (Å²) in [5.41, 5.74) is 0. The fourth-order valence-corrected chi connectivity index (χ4v) is 1.42. The number of esters is 2. The van der Waals surface area contributed by atoms with Gasteiger partial charge in [-0.05, 0) is 20.8 Å². The number of carbonyl (C=O) groups is 2. The molecule has 0 rings (SSSR count). The zero-order chi connectivity index (χ0) is 13.3. The van der Waals surface area contributed by atoms with Crippen molar-refractivity contribution >= 4 is 11.9 Å². The van der Waals surface area contributed by atoms with E-state index in [0.717, 1.165) is 0 Å². The number of ether oxygens (including phenoxy) is 2. The molecule has 0 aromatic heterocycles. The highest BCUT2D eigenvalue weighted by Gasteiger charge is 2.34. The molecule has 0 bridgehead atoms. The number of allylic oxidation sites excluding steroid dienone is 3. The van der Waals surface area contributed by atoms with E-state index < -0.39 is 23.8 Å². The summed E-state index contributed by atoms with van der Waals surface area (Å²) >= 11 is 0. The summed E-state index contributed by atoms with van der Waals surface area (Å²) in [4.78, 5) is 23.5. The van der Waals surface area contributed by atoms with E-state index >= 15 is 0 Å². The summed E-state index contributed by atoms with van der Waals surface area (Å²) in [5, 5.41) is 0. The van der Waals surface area contributed by atoms with Crippen LogP contribution in [0.2, 0.25) is 0 Å². The van der Waals surface area contributed by atoms with Crippen LogP contribution in [0.15, 0.2) is 24.8 Å². The third-order valence-corrected chi connectivity index (χ3v) is 2.15. The van der Waals surface area contributed by atoms with Crippen molar-refractivity contribution in [2.75, 3.05) is 13.2 Å². The fourth-order valence-electron chi connectivity index (χ4n) is 1.42. The predicted molar refractivity (Wildman–Crippen MR) is 65.3 cm³/mol. The molecule has 0 fully saturated rings. The van der Waals surface area contributed by atoms with Gasteiger partial charge in [-0.1, -0.05) is 18.2 Å². The summed E-state index contributed by atoms with van der Waals surface area (Å²) in [6, 6.07) is 0. The van der Waals surface area contributed by atoms with E-state index in [4.69, 9.17) is 9.47 Å². The monoisotopic (exact) mass is 240 g/mol. The van der Waals surface area contributed by atoms with Crippen molar-refractivity contribution < 1.29 is 19.1 Å². The van der Waals surface area contributed by atoms with Crippen LogP contribution in [0.4, 0.5) is 0 Å². The molecule has 0 aromatic carbocycles. The van der Waals surface area contributed by atoms with E-state index in [2.05, 4.69) is 6.58 Å². The first kappa shape index (κ1) is 15.4. The van der Waals surface area contributed by atoms with Crippen LogP contribution in [0.3, 0.4) is 0 Å². The van der Waals surface area contributed by atoms with Gasteiger partial charge >= 0.3 is 11.9 Å². The maximum Gasteiger partial charge on any atom is 0.321 e. The second kappa shape index (κ2) is 8.56. The molecule has 0 aliphatic rings. The molecule has 0 aliphatic carbocycles. The summed E-state index contributed by atoms with van der Waals surface area (Å²) in [6.45, 7) is 9.28. The maximum atomic E-state index is 11.7. The lowest BCUT2D eigenvalue weighted by Gasteiger charge is -2.18. The smallest absolute Gasteiger partial charge is 0.321 e. The van der Waals surface area contributed by atoms with Gasteiger partial charge in [-0.15, -0.1) is 6.58 Å². The molecule has 4 nitrogen and oxygen atoms in total. The Balaban J connectivity index is 4.99. The van der Waals surface area contributed by atoms with Crippen molar-refractivity contribution in [1.82, 2.24) is 0 Å². The van der Waals surface area contributed by atoms with Gasteiger partial charge in [0.15, 0.2) is 5.92 Å². The third-order valence-electron chi connectivity index (χ3n) is 2.15. The Kier molecular flexibility index (Phi) is 7.76. The first-order valence-electron chi connectivity index (χ1n) is 5.70. The SMILES string of the molecule is C=CC(/C=C/C)C(C(=O)OCC)C(=O)OCC. The molecule has 0 radical (unpaired) electrons. The van der Waals surface area contributed by atoms with Crippen LogP contribution >= 0.6 is 0 Å². The maximum absolute atomic E-state index is 11.7. The Bertz CT molecular complexity index is 276. The third kappa shape index (κ3) is 4.85. The van der Waals surface area contributed by atoms with E-state index in [1.807, 2.05) is 6.92 Å². The quantitative estimate of drug-likeness (QED) is 0.388. The number of carbonyl (C=O) groups excluding carboxylic acids is 2. The van der Waals surface area contributed by atoms with Crippen molar-refractivity contribution in [2.24, 2.45) is 11.8 Å². The predicted octanol–water partition coefficient (Wildman–Crippen LogP) is 2.11. The molecule has 0 N–H and O–H groups in total. The molecule has 0 saturated carbocycles. The molecule has 0 aliphatic heterocycles. The molecule has 0 aromatic rings. The van der Waals surface area contributed by atoms with Crippen LogP contribution in [0.1, 0.15) is 20.8 Å². The minimum atomic E-state index is -0.969. The second-order valence-electron chi connectivity index (χ2n) is 3.32. The Morgan fingerprint density at radius 1 is 1.18 bits per heavy atom.